The number of hydrogen-bond donors (Lipinski definition) is 2. The first-order chi connectivity index (χ1) is 35.9. The van der Waals surface area contributed by atoms with E-state index in [-0.39, 0.29) is 59.1 Å². The Kier molecular flexibility index (Phi) is 13.6. The van der Waals surface area contributed by atoms with Crippen molar-refractivity contribution in [3.05, 3.63) is 102 Å². The molecule has 3 aromatic heterocycles. The van der Waals surface area contributed by atoms with Crippen LogP contribution in [0, 0.1) is 11.7 Å². The van der Waals surface area contributed by atoms with Crippen molar-refractivity contribution in [2.45, 2.75) is 82.2 Å². The lowest BCUT2D eigenvalue weighted by atomic mass is 9.91. The second-order valence-corrected chi connectivity index (χ2v) is 21.1. The minimum absolute atomic E-state index is 0.0190. The molecule has 6 aromatic rings. The van der Waals surface area contributed by atoms with E-state index in [1.165, 1.54) is 49.5 Å². The number of halogens is 3. The number of rotatable bonds is 14. The zero-order valence-electron chi connectivity index (χ0n) is 41.3. The number of pyridine rings is 1. The number of imide groups is 2. The molecular formula is C52H54F3N11O8S. The molecule has 7 heterocycles. The van der Waals surface area contributed by atoms with E-state index in [9.17, 15) is 45.6 Å². The number of carbonyl (C=O) groups is 5. The minimum Gasteiger partial charge on any atom is -0.484 e. The van der Waals surface area contributed by atoms with E-state index >= 15 is 0 Å². The first-order valence-electron chi connectivity index (χ1n) is 24.7. The fourth-order valence-corrected chi connectivity index (χ4v) is 11.3. The van der Waals surface area contributed by atoms with Crippen LogP contribution in [-0.2, 0) is 31.5 Å². The molecule has 3 aromatic carbocycles. The smallest absolute Gasteiger partial charge is 0.355 e. The maximum Gasteiger partial charge on any atom is 0.355 e. The summed E-state index contributed by atoms with van der Waals surface area (Å²) in [7, 11) is -1.98. The number of aryl methyl sites for hydroxylation is 1. The molecule has 3 N–H and O–H groups in total. The molecule has 19 nitrogen and oxygen atoms in total. The molecule has 0 spiro atoms. The second-order valence-electron chi connectivity index (χ2n) is 19.5. The van der Waals surface area contributed by atoms with Crippen molar-refractivity contribution in [3.63, 3.8) is 0 Å². The Hall–Kier alpha value is -7.82. The zero-order valence-corrected chi connectivity index (χ0v) is 42.1. The van der Waals surface area contributed by atoms with E-state index in [4.69, 9.17) is 20.7 Å². The number of benzene rings is 3. The van der Waals surface area contributed by atoms with Gasteiger partial charge < -0.3 is 20.3 Å². The number of likely N-dealkylation sites (N-methyl/N-ethyl adjacent to an activating group) is 1. The van der Waals surface area contributed by atoms with Crippen LogP contribution in [0.5, 0.6) is 5.75 Å². The number of amides is 5. The maximum absolute atomic E-state index is 13.8. The normalized spacial score (nSPS) is 18.4. The number of nitrogens with zero attached hydrogens (tertiary/aromatic N) is 9. The number of nitrogens with one attached hydrogen (secondary N) is 1. The summed E-state index contributed by atoms with van der Waals surface area (Å²) in [5, 5.41) is 9.98. The summed E-state index contributed by atoms with van der Waals surface area (Å²) < 4.78 is 76.9. The van der Waals surface area contributed by atoms with Gasteiger partial charge in [-0.3, -0.25) is 47.9 Å². The molecule has 3 fully saturated rings. The Balaban J connectivity index is 0.766. The van der Waals surface area contributed by atoms with Crippen molar-refractivity contribution in [2.24, 2.45) is 13.0 Å². The van der Waals surface area contributed by atoms with Gasteiger partial charge in [0.05, 0.1) is 45.6 Å². The molecule has 0 radical (unpaired) electrons. The van der Waals surface area contributed by atoms with Crippen LogP contribution in [0.2, 0.25) is 0 Å². The summed E-state index contributed by atoms with van der Waals surface area (Å²) in [6, 6.07) is 13.9. The van der Waals surface area contributed by atoms with Crippen LogP contribution < -0.4 is 20.1 Å². The predicted molar refractivity (Wildman–Crippen MR) is 270 cm³/mol. The zero-order chi connectivity index (χ0) is 53.0. The SMILES string of the molecule is C[C@H](Oc1cc(-c2nn(C)c3c(-c4cnn(C5CCN(C(=O)CCC6CCN(c7cccc8c7C(=O)N(C7CCC(=O)N(C)C7=O)C8=O)CC6)CC5)c4)cnc(N)c23)ccc1NS(=O)(=O)C(F)F)c1ccc(F)cc1. The Morgan fingerprint density at radius 3 is 2.35 bits per heavy atom. The number of nitrogens with two attached hydrogens (primary N) is 1. The van der Waals surface area contributed by atoms with Crippen molar-refractivity contribution in [1.29, 1.82) is 0 Å². The summed E-state index contributed by atoms with van der Waals surface area (Å²) in [5.74, 6) is -5.67. The van der Waals surface area contributed by atoms with Gasteiger partial charge in [0.25, 0.3) is 27.7 Å². The topological polar surface area (TPSA) is 228 Å². The number of fused-ring (bicyclic) bond motifs is 2. The molecule has 10 rings (SSSR count). The lowest BCUT2D eigenvalue weighted by Gasteiger charge is -2.35. The van der Waals surface area contributed by atoms with Gasteiger partial charge in [0.2, 0.25) is 11.8 Å². The Morgan fingerprint density at radius 1 is 0.893 bits per heavy atom. The van der Waals surface area contributed by atoms with E-state index in [0.717, 1.165) is 34.6 Å². The summed E-state index contributed by atoms with van der Waals surface area (Å²) in [4.78, 5) is 76.5. The molecule has 5 amide bonds. The quantitative estimate of drug-likeness (QED) is 0.106. The molecule has 0 aliphatic carbocycles. The fraction of sp³-hybridized carbons (Fsp3) is 0.385. The van der Waals surface area contributed by atoms with E-state index < -0.39 is 51.5 Å². The predicted octanol–water partition coefficient (Wildman–Crippen LogP) is 6.93. The maximum atomic E-state index is 13.8. The van der Waals surface area contributed by atoms with Gasteiger partial charge in [-0.1, -0.05) is 24.3 Å². The molecule has 4 aliphatic heterocycles. The van der Waals surface area contributed by atoms with Gasteiger partial charge in [0.15, 0.2) is 0 Å². The molecule has 2 atom stereocenters. The largest absolute Gasteiger partial charge is 0.484 e. The van der Waals surface area contributed by atoms with Gasteiger partial charge in [0.1, 0.15) is 35.2 Å². The third-order valence-electron chi connectivity index (χ3n) is 15.0. The average Bonchev–Trinajstić information content (AvgIpc) is 4.12. The average molecular weight is 1050 g/mol. The van der Waals surface area contributed by atoms with Gasteiger partial charge in [-0.15, -0.1) is 0 Å². The molecule has 23 heteroatoms. The lowest BCUT2D eigenvalue weighted by molar-refractivity contribution is -0.149. The van der Waals surface area contributed by atoms with Crippen LogP contribution in [0.25, 0.3) is 33.3 Å². The molecule has 392 valence electrons. The number of ether oxygens (including phenoxy) is 1. The number of nitrogen functional groups attached to an aromatic ring is 1. The van der Waals surface area contributed by atoms with Gasteiger partial charge in [-0.2, -0.15) is 19.0 Å². The number of carbonyl (C=O) groups excluding carboxylic acids is 5. The van der Waals surface area contributed by atoms with E-state index in [1.54, 1.807) is 43.2 Å². The van der Waals surface area contributed by atoms with Gasteiger partial charge >= 0.3 is 5.76 Å². The minimum atomic E-state index is -5.08. The lowest BCUT2D eigenvalue weighted by Crippen LogP contribution is -2.54. The number of likely N-dealkylation sites (tertiary alicyclic amines) is 2. The molecule has 0 bridgehead atoms. The first kappa shape index (κ1) is 50.7. The number of piperidine rings is 3. The Bertz CT molecular complexity index is 3370. The number of hydrogen-bond acceptors (Lipinski definition) is 13. The van der Waals surface area contributed by atoms with Crippen molar-refractivity contribution in [2.75, 3.05) is 48.6 Å². The van der Waals surface area contributed by atoms with Crippen molar-refractivity contribution in [1.82, 2.24) is 39.2 Å². The molecular weight excluding hydrogens is 996 g/mol. The highest BCUT2D eigenvalue weighted by Gasteiger charge is 2.47. The molecule has 0 saturated carbocycles. The first-order valence-corrected chi connectivity index (χ1v) is 26.3. The number of anilines is 3. The van der Waals surface area contributed by atoms with Crippen molar-refractivity contribution >= 4 is 67.7 Å². The van der Waals surface area contributed by atoms with Crippen molar-refractivity contribution < 1.29 is 50.3 Å². The van der Waals surface area contributed by atoms with E-state index in [0.29, 0.717) is 90.3 Å². The van der Waals surface area contributed by atoms with Crippen LogP contribution in [0.3, 0.4) is 0 Å². The van der Waals surface area contributed by atoms with Crippen LogP contribution in [0.4, 0.5) is 30.4 Å². The van der Waals surface area contributed by atoms with Crippen molar-refractivity contribution in [3.8, 4) is 28.1 Å². The third kappa shape index (κ3) is 9.64. The van der Waals surface area contributed by atoms with Crippen LogP contribution in [0.15, 0.2) is 79.3 Å². The molecule has 4 aliphatic rings. The Labute approximate surface area is 429 Å². The number of aromatic nitrogens is 5. The summed E-state index contributed by atoms with van der Waals surface area (Å²) in [6.07, 6.45) is 8.81. The summed E-state index contributed by atoms with van der Waals surface area (Å²) in [6.45, 7) is 4.05. The van der Waals surface area contributed by atoms with Gasteiger partial charge in [0, 0.05) is 82.2 Å². The van der Waals surface area contributed by atoms with E-state index in [2.05, 4.69) is 9.88 Å². The third-order valence-corrected chi connectivity index (χ3v) is 15.9. The summed E-state index contributed by atoms with van der Waals surface area (Å²) in [5.41, 5.74) is 10.8. The number of sulfonamides is 1. The highest BCUT2D eigenvalue weighted by molar-refractivity contribution is 7.93. The van der Waals surface area contributed by atoms with Gasteiger partial charge in [-0.05, 0) is 93.3 Å². The Morgan fingerprint density at radius 2 is 1.63 bits per heavy atom. The fourth-order valence-electron chi connectivity index (χ4n) is 10.8. The highest BCUT2D eigenvalue weighted by Crippen LogP contribution is 2.42. The molecule has 75 heavy (non-hydrogen) atoms. The van der Waals surface area contributed by atoms with Gasteiger partial charge in [-0.25, -0.2) is 17.8 Å². The summed E-state index contributed by atoms with van der Waals surface area (Å²) >= 11 is 0. The number of alkyl halides is 2. The molecule has 3 saturated heterocycles. The standard InChI is InChI=1S/C52H54F3N11O8S/c1-29(31-8-11-34(53)12-9-31)74-41-25-32(10-13-38(41)60-75(72,73)52(54)55)46-45-47(62(3)59-46)37(27-57-48(45)56)33-26-58-65(28-33)35-19-23-64(24-20-35)43(68)15-7-30-17-21-63(22-18-30)39-6-4-5-36-44(39)51(71)66(49(36)69)40-14-16-42(67)61(2)50(40)70/h4-6,8-13,25-30,35,40,52,60H,7,14-24H2,1-3H3,(H2,56,57)/t29-,40?/m0/s1. The second kappa shape index (κ2) is 20.1. The highest BCUT2D eigenvalue weighted by atomic mass is 32.2. The van der Waals surface area contributed by atoms with Crippen LogP contribution >= 0.6 is 0 Å². The molecule has 1 unspecified atom stereocenters. The van der Waals surface area contributed by atoms with Crippen LogP contribution in [0.1, 0.15) is 96.7 Å². The monoisotopic (exact) mass is 1050 g/mol. The van der Waals surface area contributed by atoms with Crippen LogP contribution in [-0.4, -0.2) is 122 Å². The van der Waals surface area contributed by atoms with E-state index in [1.807, 2.05) is 26.6 Å².